The maximum atomic E-state index is 12.7. The number of hydrogen-bond acceptors (Lipinski definition) is 6. The molecule has 0 atom stereocenters. The number of carbonyl (C=O) groups excluding carboxylic acids is 1. The highest BCUT2D eigenvalue weighted by Crippen LogP contribution is 2.32. The summed E-state index contributed by atoms with van der Waals surface area (Å²) >= 11 is 0. The first-order valence-electron chi connectivity index (χ1n) is 10.7. The molecule has 8 heteroatoms. The smallest absolute Gasteiger partial charge is 0.254 e. The van der Waals surface area contributed by atoms with E-state index in [0.29, 0.717) is 11.5 Å². The zero-order valence-electron chi connectivity index (χ0n) is 18.4. The van der Waals surface area contributed by atoms with Crippen molar-refractivity contribution in [3.05, 3.63) is 41.9 Å². The number of amides is 1. The zero-order valence-corrected chi connectivity index (χ0v) is 18.4. The molecule has 1 aliphatic rings. The minimum Gasteiger partial charge on any atom is -0.496 e. The lowest BCUT2D eigenvalue weighted by atomic mass is 9.77. The van der Waals surface area contributed by atoms with Gasteiger partial charge in [0.05, 0.1) is 34.9 Å². The molecule has 2 heterocycles. The van der Waals surface area contributed by atoms with Crippen molar-refractivity contribution in [3.8, 4) is 11.7 Å². The third-order valence-electron chi connectivity index (χ3n) is 6.22. The first-order chi connectivity index (χ1) is 14.8. The molecule has 2 aromatic heterocycles. The van der Waals surface area contributed by atoms with Gasteiger partial charge in [-0.05, 0) is 64.5 Å². The number of aromatic nitrogens is 4. The molecule has 0 bridgehead atoms. The molecule has 1 amide bonds. The quantitative estimate of drug-likeness (QED) is 0.653. The summed E-state index contributed by atoms with van der Waals surface area (Å²) in [5.74, 6) is 1.24. The second kappa shape index (κ2) is 8.26. The fourth-order valence-corrected chi connectivity index (χ4v) is 4.40. The Morgan fingerprint density at radius 1 is 1.19 bits per heavy atom. The monoisotopic (exact) mass is 423 g/mol. The molecule has 0 spiro atoms. The summed E-state index contributed by atoms with van der Waals surface area (Å²) in [6.45, 7) is 5.63. The molecule has 4 rings (SSSR count). The van der Waals surface area contributed by atoms with Gasteiger partial charge in [0.1, 0.15) is 5.75 Å². The van der Waals surface area contributed by atoms with Crippen LogP contribution in [0.25, 0.3) is 16.9 Å². The van der Waals surface area contributed by atoms with E-state index in [1.54, 1.807) is 11.8 Å². The molecule has 164 valence electrons. The molecule has 8 nitrogen and oxygen atoms in total. The average Bonchev–Trinajstić information content (AvgIpc) is 3.10. The molecular formula is C23H29N5O3. The number of carbonyl (C=O) groups is 1. The third kappa shape index (κ3) is 4.25. The Kier molecular flexibility index (Phi) is 5.66. The van der Waals surface area contributed by atoms with Gasteiger partial charge < -0.3 is 15.2 Å². The van der Waals surface area contributed by atoms with Crippen molar-refractivity contribution < 1.29 is 14.6 Å². The van der Waals surface area contributed by atoms with Gasteiger partial charge in [0.15, 0.2) is 0 Å². The van der Waals surface area contributed by atoms with Gasteiger partial charge in [0.25, 0.3) is 11.9 Å². The van der Waals surface area contributed by atoms with Crippen molar-refractivity contribution in [2.75, 3.05) is 7.11 Å². The van der Waals surface area contributed by atoms with Gasteiger partial charge in [-0.2, -0.15) is 9.78 Å². The maximum Gasteiger partial charge on any atom is 0.254 e. The highest BCUT2D eigenvalue weighted by Gasteiger charge is 2.31. The van der Waals surface area contributed by atoms with Gasteiger partial charge in [0.2, 0.25) is 0 Å². The third-order valence-corrected chi connectivity index (χ3v) is 6.22. The number of methoxy groups -OCH3 is 1. The topological polar surface area (TPSA) is 102 Å². The molecule has 0 unspecified atom stereocenters. The van der Waals surface area contributed by atoms with Crippen LogP contribution in [0.2, 0.25) is 0 Å². The van der Waals surface area contributed by atoms with E-state index in [-0.39, 0.29) is 17.9 Å². The van der Waals surface area contributed by atoms with Gasteiger partial charge in [-0.15, -0.1) is 0 Å². The van der Waals surface area contributed by atoms with E-state index in [4.69, 9.17) is 4.74 Å². The molecule has 1 fully saturated rings. The van der Waals surface area contributed by atoms with Gasteiger partial charge in [-0.25, -0.2) is 9.97 Å². The minimum absolute atomic E-state index is 0.107. The normalized spacial score (nSPS) is 19.4. The van der Waals surface area contributed by atoms with Gasteiger partial charge >= 0.3 is 0 Å². The number of fused-ring (bicyclic) bond motifs is 1. The van der Waals surface area contributed by atoms with Crippen LogP contribution in [0.15, 0.2) is 30.6 Å². The van der Waals surface area contributed by atoms with Crippen molar-refractivity contribution in [2.24, 2.45) is 5.92 Å². The molecule has 2 N–H and O–H groups in total. The average molecular weight is 424 g/mol. The van der Waals surface area contributed by atoms with Crippen LogP contribution in [0.3, 0.4) is 0 Å². The van der Waals surface area contributed by atoms with Gasteiger partial charge in [-0.1, -0.05) is 6.07 Å². The standard InChI is InChI=1S/C23H29N5O3/c1-14-20-18(6-5-7-19(20)31-4)28(27-14)22-24-12-15(13-25-22)21(29)26-17-10-8-16(9-11-17)23(2,3)30/h5-7,12-13,16-17,30H,8-11H2,1-4H3,(H,26,29). The predicted molar refractivity (Wildman–Crippen MR) is 117 cm³/mol. The first kappa shape index (κ1) is 21.2. The Labute approximate surface area is 181 Å². The molecule has 3 aromatic rings. The van der Waals surface area contributed by atoms with Crippen molar-refractivity contribution in [1.82, 2.24) is 25.1 Å². The molecule has 0 saturated heterocycles. The number of rotatable bonds is 5. The summed E-state index contributed by atoms with van der Waals surface area (Å²) in [6, 6.07) is 5.83. The Hall–Kier alpha value is -3.00. The number of aliphatic hydroxyl groups is 1. The molecule has 1 aromatic carbocycles. The Morgan fingerprint density at radius 3 is 2.48 bits per heavy atom. The summed E-state index contributed by atoms with van der Waals surface area (Å²) in [5, 5.41) is 18.7. The number of aryl methyl sites for hydroxylation is 1. The summed E-state index contributed by atoms with van der Waals surface area (Å²) in [6.07, 6.45) is 6.59. The SMILES string of the molecule is COc1cccc2c1c(C)nn2-c1ncc(C(=O)NC2CCC(C(C)(C)O)CC2)cn1. The van der Waals surface area contributed by atoms with E-state index >= 15 is 0 Å². The van der Waals surface area contributed by atoms with Crippen LogP contribution in [-0.2, 0) is 0 Å². The van der Waals surface area contributed by atoms with Gasteiger partial charge in [0, 0.05) is 18.4 Å². The minimum atomic E-state index is -0.669. The van der Waals surface area contributed by atoms with E-state index in [2.05, 4.69) is 20.4 Å². The summed E-state index contributed by atoms with van der Waals surface area (Å²) in [5.41, 5.74) is 1.41. The number of nitrogens with zero attached hydrogens (tertiary/aromatic N) is 4. The van der Waals surface area contributed by atoms with Crippen LogP contribution in [0.1, 0.15) is 55.6 Å². The van der Waals surface area contributed by atoms with Crippen molar-refractivity contribution in [1.29, 1.82) is 0 Å². The van der Waals surface area contributed by atoms with E-state index in [1.807, 2.05) is 39.0 Å². The Morgan fingerprint density at radius 2 is 1.87 bits per heavy atom. The Balaban J connectivity index is 1.47. The lowest BCUT2D eigenvalue weighted by Crippen LogP contribution is -2.41. The number of benzene rings is 1. The van der Waals surface area contributed by atoms with Crippen LogP contribution >= 0.6 is 0 Å². The second-order valence-electron chi connectivity index (χ2n) is 8.80. The lowest BCUT2D eigenvalue weighted by Gasteiger charge is -2.36. The predicted octanol–water partition coefficient (Wildman–Crippen LogP) is 3.19. The number of nitrogens with one attached hydrogen (secondary N) is 1. The van der Waals surface area contributed by atoms with Gasteiger partial charge in [-0.3, -0.25) is 4.79 Å². The van der Waals surface area contributed by atoms with Crippen LogP contribution in [0, 0.1) is 12.8 Å². The highest BCUT2D eigenvalue weighted by molar-refractivity contribution is 5.94. The summed E-state index contributed by atoms with van der Waals surface area (Å²) < 4.78 is 7.10. The van der Waals surface area contributed by atoms with E-state index in [0.717, 1.165) is 48.0 Å². The Bertz CT molecular complexity index is 1080. The van der Waals surface area contributed by atoms with Crippen molar-refractivity contribution >= 4 is 16.8 Å². The first-order valence-corrected chi connectivity index (χ1v) is 10.7. The fraction of sp³-hybridized carbons (Fsp3) is 0.478. The van der Waals surface area contributed by atoms with E-state index in [1.165, 1.54) is 12.4 Å². The maximum absolute atomic E-state index is 12.7. The lowest BCUT2D eigenvalue weighted by molar-refractivity contribution is -0.00257. The van der Waals surface area contributed by atoms with Crippen LogP contribution in [-0.4, -0.2) is 49.5 Å². The number of ether oxygens (including phenoxy) is 1. The van der Waals surface area contributed by atoms with Crippen LogP contribution < -0.4 is 10.1 Å². The summed E-state index contributed by atoms with van der Waals surface area (Å²) in [4.78, 5) is 21.4. The molecule has 31 heavy (non-hydrogen) atoms. The zero-order chi connectivity index (χ0) is 22.2. The van der Waals surface area contributed by atoms with E-state index < -0.39 is 5.60 Å². The van der Waals surface area contributed by atoms with Crippen molar-refractivity contribution in [2.45, 2.75) is 58.1 Å². The fourth-order valence-electron chi connectivity index (χ4n) is 4.40. The molecule has 1 aliphatic carbocycles. The molecular weight excluding hydrogens is 394 g/mol. The van der Waals surface area contributed by atoms with Crippen LogP contribution in [0.4, 0.5) is 0 Å². The molecule has 1 saturated carbocycles. The van der Waals surface area contributed by atoms with Crippen LogP contribution in [0.5, 0.6) is 5.75 Å². The largest absolute Gasteiger partial charge is 0.496 e. The highest BCUT2D eigenvalue weighted by atomic mass is 16.5. The molecule has 0 radical (unpaired) electrons. The van der Waals surface area contributed by atoms with E-state index in [9.17, 15) is 9.90 Å². The second-order valence-corrected chi connectivity index (χ2v) is 8.80. The van der Waals surface area contributed by atoms with Crippen molar-refractivity contribution in [3.63, 3.8) is 0 Å². The number of hydrogen-bond donors (Lipinski definition) is 2. The summed E-state index contributed by atoms with van der Waals surface area (Å²) in [7, 11) is 1.63. The molecule has 0 aliphatic heterocycles.